The van der Waals surface area contributed by atoms with Crippen molar-refractivity contribution in [3.63, 3.8) is 0 Å². The van der Waals surface area contributed by atoms with E-state index in [4.69, 9.17) is 4.74 Å². The van der Waals surface area contributed by atoms with Gasteiger partial charge in [-0.2, -0.15) is 0 Å². The molecule has 0 aromatic carbocycles. The molecule has 15 heavy (non-hydrogen) atoms. The number of morpholine rings is 1. The fraction of sp³-hybridized carbons (Fsp3) is 1.00. The Hall–Kier alpha value is -0.170. The number of nitrogens with zero attached hydrogens (tertiary/aromatic N) is 1. The van der Waals surface area contributed by atoms with Crippen LogP contribution in [0.5, 0.6) is 0 Å². The van der Waals surface area contributed by atoms with Gasteiger partial charge in [-0.1, -0.05) is 0 Å². The molecule has 0 saturated carbocycles. The first-order chi connectivity index (χ1) is 6.99. The van der Waals surface area contributed by atoms with Gasteiger partial charge in [0.05, 0.1) is 36.9 Å². The fourth-order valence-corrected chi connectivity index (χ4v) is 4.17. The molecule has 0 bridgehead atoms. The molecular weight excluding hydrogens is 218 g/mol. The maximum absolute atomic E-state index is 11.4. The fourth-order valence-electron chi connectivity index (χ4n) is 2.36. The van der Waals surface area contributed by atoms with Crippen molar-refractivity contribution in [2.45, 2.75) is 25.1 Å². The lowest BCUT2D eigenvalue weighted by Crippen LogP contribution is -2.53. The van der Waals surface area contributed by atoms with E-state index in [-0.39, 0.29) is 23.6 Å². The molecule has 2 rings (SSSR count). The van der Waals surface area contributed by atoms with Crippen molar-refractivity contribution >= 4 is 9.84 Å². The molecule has 2 aliphatic rings. The zero-order chi connectivity index (χ0) is 11.1. The van der Waals surface area contributed by atoms with E-state index in [1.807, 2.05) is 6.92 Å². The summed E-state index contributed by atoms with van der Waals surface area (Å²) in [5.41, 5.74) is 0. The van der Waals surface area contributed by atoms with Gasteiger partial charge in [-0.05, 0) is 6.92 Å². The highest BCUT2D eigenvalue weighted by Gasteiger charge is 2.41. The summed E-state index contributed by atoms with van der Waals surface area (Å²) in [7, 11) is -3.05. The van der Waals surface area contributed by atoms with E-state index in [9.17, 15) is 13.5 Å². The average Bonchev–Trinajstić information content (AvgIpc) is 2.40. The summed E-state index contributed by atoms with van der Waals surface area (Å²) in [5.74, 6) is -0.0136. The lowest BCUT2D eigenvalue weighted by Gasteiger charge is -2.38. The first-order valence-corrected chi connectivity index (χ1v) is 7.04. The van der Waals surface area contributed by atoms with Crippen LogP contribution in [0, 0.1) is 0 Å². The van der Waals surface area contributed by atoms with Crippen LogP contribution in [0.3, 0.4) is 0 Å². The van der Waals surface area contributed by atoms with Crippen molar-refractivity contribution in [1.82, 2.24) is 4.90 Å². The number of sulfone groups is 1. The normalized spacial score (nSPS) is 41.9. The summed E-state index contributed by atoms with van der Waals surface area (Å²) < 4.78 is 28.1. The summed E-state index contributed by atoms with van der Waals surface area (Å²) in [5, 5.41) is 9.73. The highest BCUT2D eigenvalue weighted by atomic mass is 32.2. The monoisotopic (exact) mass is 235 g/mol. The first-order valence-electron chi connectivity index (χ1n) is 5.21. The van der Waals surface area contributed by atoms with Crippen LogP contribution in [0.4, 0.5) is 0 Å². The van der Waals surface area contributed by atoms with E-state index in [0.29, 0.717) is 19.8 Å². The minimum atomic E-state index is -3.05. The Balaban J connectivity index is 2.10. The minimum Gasteiger partial charge on any atom is -0.390 e. The van der Waals surface area contributed by atoms with Crippen molar-refractivity contribution in [1.29, 1.82) is 0 Å². The average molecular weight is 235 g/mol. The summed E-state index contributed by atoms with van der Waals surface area (Å²) in [6, 6.07) is -0.0550. The maximum Gasteiger partial charge on any atom is 0.154 e. The van der Waals surface area contributed by atoms with E-state index in [1.54, 1.807) is 0 Å². The second-order valence-electron chi connectivity index (χ2n) is 4.37. The first kappa shape index (κ1) is 11.3. The Kier molecular flexibility index (Phi) is 3.03. The van der Waals surface area contributed by atoms with Crippen LogP contribution in [-0.4, -0.2) is 67.9 Å². The summed E-state index contributed by atoms with van der Waals surface area (Å²) in [6.45, 7) is 3.94. The van der Waals surface area contributed by atoms with Gasteiger partial charge < -0.3 is 9.84 Å². The van der Waals surface area contributed by atoms with Gasteiger partial charge in [-0.25, -0.2) is 8.42 Å². The molecule has 5 nitrogen and oxygen atoms in total. The molecule has 3 atom stereocenters. The third-order valence-corrected chi connectivity index (χ3v) is 4.84. The van der Waals surface area contributed by atoms with Crippen molar-refractivity contribution in [3.05, 3.63) is 0 Å². The molecule has 0 spiro atoms. The van der Waals surface area contributed by atoms with Gasteiger partial charge in [0.2, 0.25) is 0 Å². The number of aliphatic hydroxyl groups excluding tert-OH is 1. The van der Waals surface area contributed by atoms with Gasteiger partial charge in [0.25, 0.3) is 0 Å². The maximum atomic E-state index is 11.4. The number of ether oxygens (including phenoxy) is 1. The Bertz CT molecular complexity index is 329. The quantitative estimate of drug-likeness (QED) is 0.622. The van der Waals surface area contributed by atoms with Crippen molar-refractivity contribution in [2.24, 2.45) is 0 Å². The number of rotatable bonds is 1. The van der Waals surface area contributed by atoms with Gasteiger partial charge in [-0.3, -0.25) is 4.90 Å². The number of aliphatic hydroxyl groups is 1. The molecule has 2 saturated heterocycles. The van der Waals surface area contributed by atoms with E-state index in [1.165, 1.54) is 0 Å². The minimum absolute atomic E-state index is 0.0819. The van der Waals surface area contributed by atoms with Crippen molar-refractivity contribution in [2.75, 3.05) is 31.3 Å². The number of hydrogen-bond donors (Lipinski definition) is 1. The zero-order valence-electron chi connectivity index (χ0n) is 8.80. The second-order valence-corrected chi connectivity index (χ2v) is 6.53. The van der Waals surface area contributed by atoms with Crippen molar-refractivity contribution < 1.29 is 18.3 Å². The van der Waals surface area contributed by atoms with E-state index < -0.39 is 15.9 Å². The highest BCUT2D eigenvalue weighted by molar-refractivity contribution is 7.91. The molecule has 2 heterocycles. The molecule has 0 amide bonds. The van der Waals surface area contributed by atoms with Crippen LogP contribution in [-0.2, 0) is 14.6 Å². The van der Waals surface area contributed by atoms with Gasteiger partial charge in [0, 0.05) is 12.6 Å². The molecule has 0 radical (unpaired) electrons. The smallest absolute Gasteiger partial charge is 0.154 e. The predicted octanol–water partition coefficient (Wildman–Crippen LogP) is -1.13. The Morgan fingerprint density at radius 1 is 1.40 bits per heavy atom. The summed E-state index contributed by atoms with van der Waals surface area (Å²) >= 11 is 0. The molecule has 3 unspecified atom stereocenters. The SMILES string of the molecule is CC1COCCN1C1CS(=O)(=O)CC1O. The van der Waals surface area contributed by atoms with E-state index >= 15 is 0 Å². The van der Waals surface area contributed by atoms with Crippen LogP contribution in [0.25, 0.3) is 0 Å². The highest BCUT2D eigenvalue weighted by Crippen LogP contribution is 2.22. The van der Waals surface area contributed by atoms with Crippen LogP contribution in [0.1, 0.15) is 6.92 Å². The lowest BCUT2D eigenvalue weighted by atomic mass is 10.1. The Labute approximate surface area is 89.9 Å². The molecule has 1 N–H and O–H groups in total. The molecule has 2 fully saturated rings. The largest absolute Gasteiger partial charge is 0.390 e. The van der Waals surface area contributed by atoms with Crippen LogP contribution in [0.2, 0.25) is 0 Å². The van der Waals surface area contributed by atoms with Crippen LogP contribution < -0.4 is 0 Å². The zero-order valence-corrected chi connectivity index (χ0v) is 9.61. The molecule has 88 valence electrons. The van der Waals surface area contributed by atoms with Crippen LogP contribution >= 0.6 is 0 Å². The molecule has 6 heteroatoms. The summed E-state index contributed by atoms with van der Waals surface area (Å²) in [4.78, 5) is 2.05. The Morgan fingerprint density at radius 3 is 2.67 bits per heavy atom. The van der Waals surface area contributed by atoms with Crippen molar-refractivity contribution in [3.8, 4) is 0 Å². The van der Waals surface area contributed by atoms with E-state index in [0.717, 1.165) is 0 Å². The second kappa shape index (κ2) is 4.01. The number of hydrogen-bond acceptors (Lipinski definition) is 5. The van der Waals surface area contributed by atoms with Crippen LogP contribution in [0.15, 0.2) is 0 Å². The van der Waals surface area contributed by atoms with E-state index in [2.05, 4.69) is 4.90 Å². The Morgan fingerprint density at radius 2 is 2.13 bits per heavy atom. The molecule has 0 aromatic rings. The third-order valence-electron chi connectivity index (χ3n) is 3.14. The van der Waals surface area contributed by atoms with Gasteiger partial charge >= 0.3 is 0 Å². The molecular formula is C9H17NO4S. The lowest BCUT2D eigenvalue weighted by molar-refractivity contribution is -0.0399. The van der Waals surface area contributed by atoms with Gasteiger partial charge in [0.1, 0.15) is 0 Å². The molecule has 0 aliphatic carbocycles. The predicted molar refractivity (Wildman–Crippen MR) is 55.4 cm³/mol. The molecule has 0 aromatic heterocycles. The molecule has 2 aliphatic heterocycles. The summed E-state index contributed by atoms with van der Waals surface area (Å²) in [6.07, 6.45) is -0.740. The third kappa shape index (κ3) is 2.33. The van der Waals surface area contributed by atoms with Gasteiger partial charge in [-0.15, -0.1) is 0 Å². The topological polar surface area (TPSA) is 66.8 Å². The van der Waals surface area contributed by atoms with Gasteiger partial charge in [0.15, 0.2) is 9.84 Å². The standard InChI is InChI=1S/C9H17NO4S/c1-7-4-14-3-2-10(7)8-5-15(12,13)6-9(8)11/h7-9,11H,2-6H2,1H3.